The minimum absolute atomic E-state index is 0.257. The van der Waals surface area contributed by atoms with Gasteiger partial charge in [-0.3, -0.25) is 0 Å². The molecule has 0 saturated heterocycles. The van der Waals surface area contributed by atoms with E-state index in [0.717, 1.165) is 12.8 Å². The maximum atomic E-state index is 5.00. The molecular weight excluding hydrogens is 114 g/mol. The lowest BCUT2D eigenvalue weighted by Gasteiger charge is -2.03. The van der Waals surface area contributed by atoms with Crippen molar-refractivity contribution in [1.29, 1.82) is 0 Å². The van der Waals surface area contributed by atoms with E-state index in [1.54, 1.807) is 6.21 Å². The maximum Gasteiger partial charge on any atom is 0.124 e. The van der Waals surface area contributed by atoms with Crippen molar-refractivity contribution >= 4 is 6.21 Å². The van der Waals surface area contributed by atoms with Gasteiger partial charge in [0.15, 0.2) is 0 Å². The van der Waals surface area contributed by atoms with Gasteiger partial charge in [0.2, 0.25) is 0 Å². The van der Waals surface area contributed by atoms with Gasteiger partial charge in [-0.25, -0.2) is 0 Å². The van der Waals surface area contributed by atoms with Gasteiger partial charge in [0.25, 0.3) is 0 Å². The summed E-state index contributed by atoms with van der Waals surface area (Å²) in [6.45, 7) is 6.11. The minimum Gasteiger partial charge on any atom is -0.393 e. The van der Waals surface area contributed by atoms with E-state index in [0.29, 0.717) is 0 Å². The fourth-order valence-electron chi connectivity index (χ4n) is 0.296. The van der Waals surface area contributed by atoms with E-state index in [-0.39, 0.29) is 6.10 Å². The fraction of sp³-hybridized carbons (Fsp3) is 0.857. The highest BCUT2D eigenvalue weighted by Crippen LogP contribution is 1.94. The number of nitrogens with zero attached hydrogens (tertiary/aromatic N) is 1. The second kappa shape index (κ2) is 5.60. The molecule has 0 bridgehead atoms. The molecule has 2 nitrogen and oxygen atoms in total. The Balaban J connectivity index is 3.15. The van der Waals surface area contributed by atoms with Gasteiger partial charge in [-0.1, -0.05) is 19.0 Å². The maximum absolute atomic E-state index is 5.00. The number of rotatable bonds is 4. The summed E-state index contributed by atoms with van der Waals surface area (Å²) >= 11 is 0. The average molecular weight is 129 g/mol. The van der Waals surface area contributed by atoms with E-state index in [1.165, 1.54) is 0 Å². The molecule has 1 atom stereocenters. The highest BCUT2D eigenvalue weighted by molar-refractivity contribution is 5.55. The number of oxime groups is 1. The van der Waals surface area contributed by atoms with E-state index >= 15 is 0 Å². The van der Waals surface area contributed by atoms with Gasteiger partial charge in [0.05, 0.1) is 0 Å². The van der Waals surface area contributed by atoms with Crippen LogP contribution in [0.4, 0.5) is 0 Å². The van der Waals surface area contributed by atoms with Gasteiger partial charge in [-0.05, 0) is 19.8 Å². The third kappa shape index (κ3) is 5.34. The predicted molar refractivity (Wildman–Crippen MR) is 39.6 cm³/mol. The first-order chi connectivity index (χ1) is 4.31. The van der Waals surface area contributed by atoms with Crippen LogP contribution in [-0.4, -0.2) is 12.3 Å². The fourth-order valence-corrected chi connectivity index (χ4v) is 0.296. The number of hydrogen-bond donors (Lipinski definition) is 0. The summed E-state index contributed by atoms with van der Waals surface area (Å²) in [5.74, 6) is 0. The number of hydrogen-bond acceptors (Lipinski definition) is 2. The first-order valence-corrected chi connectivity index (χ1v) is 3.48. The first-order valence-electron chi connectivity index (χ1n) is 3.48. The minimum atomic E-state index is 0.257. The average Bonchev–Trinajstić information content (AvgIpc) is 1.89. The van der Waals surface area contributed by atoms with Gasteiger partial charge in [-0.2, -0.15) is 0 Å². The lowest BCUT2D eigenvalue weighted by atomic mass is 10.3. The quantitative estimate of drug-likeness (QED) is 0.421. The van der Waals surface area contributed by atoms with Crippen molar-refractivity contribution < 1.29 is 4.84 Å². The zero-order valence-corrected chi connectivity index (χ0v) is 6.42. The topological polar surface area (TPSA) is 21.6 Å². The van der Waals surface area contributed by atoms with Crippen LogP contribution in [0.1, 0.15) is 33.6 Å². The Bertz CT molecular complexity index is 81.0. The van der Waals surface area contributed by atoms with Crippen molar-refractivity contribution in [2.45, 2.75) is 39.7 Å². The van der Waals surface area contributed by atoms with Gasteiger partial charge in [0.1, 0.15) is 6.10 Å². The summed E-state index contributed by atoms with van der Waals surface area (Å²) in [6.07, 6.45) is 3.98. The van der Waals surface area contributed by atoms with Crippen LogP contribution in [0.5, 0.6) is 0 Å². The van der Waals surface area contributed by atoms with Gasteiger partial charge < -0.3 is 4.84 Å². The van der Waals surface area contributed by atoms with Crippen molar-refractivity contribution in [1.82, 2.24) is 0 Å². The first kappa shape index (κ1) is 8.47. The van der Waals surface area contributed by atoms with Gasteiger partial charge in [0, 0.05) is 6.21 Å². The summed E-state index contributed by atoms with van der Waals surface area (Å²) in [6, 6.07) is 0. The Morgan fingerprint density at radius 3 is 2.67 bits per heavy atom. The second-order valence-electron chi connectivity index (χ2n) is 2.02. The van der Waals surface area contributed by atoms with Crippen LogP contribution in [0.15, 0.2) is 5.16 Å². The van der Waals surface area contributed by atoms with Crippen LogP contribution in [0, 0.1) is 0 Å². The molecule has 0 aromatic heterocycles. The summed E-state index contributed by atoms with van der Waals surface area (Å²) in [5.41, 5.74) is 0. The molecule has 0 radical (unpaired) electrons. The molecule has 0 aliphatic rings. The van der Waals surface area contributed by atoms with Crippen LogP contribution in [-0.2, 0) is 4.84 Å². The van der Waals surface area contributed by atoms with Gasteiger partial charge >= 0.3 is 0 Å². The van der Waals surface area contributed by atoms with Crippen LogP contribution < -0.4 is 0 Å². The molecule has 0 fully saturated rings. The van der Waals surface area contributed by atoms with Crippen LogP contribution in [0.25, 0.3) is 0 Å². The van der Waals surface area contributed by atoms with Gasteiger partial charge in [-0.15, -0.1) is 0 Å². The Labute approximate surface area is 56.9 Å². The zero-order valence-electron chi connectivity index (χ0n) is 6.42. The third-order valence-electron chi connectivity index (χ3n) is 1.07. The molecular formula is C7H15NO. The normalized spacial score (nSPS) is 14.1. The molecule has 0 aliphatic carbocycles. The van der Waals surface area contributed by atoms with Crippen molar-refractivity contribution in [3.05, 3.63) is 0 Å². The second-order valence-corrected chi connectivity index (χ2v) is 2.02. The van der Waals surface area contributed by atoms with E-state index < -0.39 is 0 Å². The van der Waals surface area contributed by atoms with Crippen LogP contribution in [0.2, 0.25) is 0 Å². The van der Waals surface area contributed by atoms with E-state index in [1.807, 2.05) is 13.8 Å². The molecule has 0 aliphatic heterocycles. The standard InChI is InChI=1S/C7H15NO/c1-4-6-8-9-7(3)5-2/h6-7H,4-5H2,1-3H3/b8-6-. The lowest BCUT2D eigenvalue weighted by molar-refractivity contribution is 0.0707. The predicted octanol–water partition coefficient (Wildman–Crippen LogP) is 2.20. The molecule has 1 unspecified atom stereocenters. The molecule has 9 heavy (non-hydrogen) atoms. The molecule has 0 rings (SSSR count). The zero-order chi connectivity index (χ0) is 7.11. The summed E-state index contributed by atoms with van der Waals surface area (Å²) in [7, 11) is 0. The van der Waals surface area contributed by atoms with E-state index in [4.69, 9.17) is 4.84 Å². The lowest BCUT2D eigenvalue weighted by Crippen LogP contribution is -2.00. The Hall–Kier alpha value is -0.530. The third-order valence-corrected chi connectivity index (χ3v) is 1.07. The smallest absolute Gasteiger partial charge is 0.124 e. The molecule has 0 aromatic carbocycles. The van der Waals surface area contributed by atoms with Crippen molar-refractivity contribution in [2.75, 3.05) is 0 Å². The largest absolute Gasteiger partial charge is 0.393 e. The Kier molecular flexibility index (Phi) is 5.27. The molecule has 54 valence electrons. The molecule has 0 spiro atoms. The molecule has 0 amide bonds. The highest BCUT2D eigenvalue weighted by Gasteiger charge is 1.93. The summed E-state index contributed by atoms with van der Waals surface area (Å²) in [4.78, 5) is 5.00. The Morgan fingerprint density at radius 2 is 2.22 bits per heavy atom. The summed E-state index contributed by atoms with van der Waals surface area (Å²) < 4.78 is 0. The molecule has 0 N–H and O–H groups in total. The molecule has 0 saturated carbocycles. The van der Waals surface area contributed by atoms with Crippen molar-refractivity contribution in [3.63, 3.8) is 0 Å². The summed E-state index contributed by atoms with van der Waals surface area (Å²) in [5, 5.41) is 3.74. The van der Waals surface area contributed by atoms with E-state index in [9.17, 15) is 0 Å². The van der Waals surface area contributed by atoms with Crippen LogP contribution in [0.3, 0.4) is 0 Å². The van der Waals surface area contributed by atoms with E-state index in [2.05, 4.69) is 12.1 Å². The monoisotopic (exact) mass is 129 g/mol. The highest BCUT2D eigenvalue weighted by atomic mass is 16.6. The molecule has 2 heteroatoms. The van der Waals surface area contributed by atoms with Crippen molar-refractivity contribution in [2.24, 2.45) is 5.16 Å². The van der Waals surface area contributed by atoms with Crippen molar-refractivity contribution in [3.8, 4) is 0 Å². The van der Waals surface area contributed by atoms with Crippen LogP contribution >= 0.6 is 0 Å². The molecule has 0 heterocycles. The Morgan fingerprint density at radius 1 is 1.56 bits per heavy atom. The molecule has 0 aromatic rings. The SMILES string of the molecule is CC/C=N\OC(C)CC.